The van der Waals surface area contributed by atoms with Gasteiger partial charge in [-0.05, 0) is 19.9 Å². The monoisotopic (exact) mass is 236 g/mol. The van der Waals surface area contributed by atoms with E-state index in [1.165, 1.54) is 25.1 Å². The number of benzene rings is 1. The van der Waals surface area contributed by atoms with Crippen LogP contribution in [0, 0.1) is 10.1 Å². The number of carbonyl (C=O) groups excluding carboxylic acids is 2. The number of Topliss-reactive ketones (excluding diaryl/α,β-unsaturated/α-hetero) is 1. The summed E-state index contributed by atoms with van der Waals surface area (Å²) >= 11 is 0. The van der Waals surface area contributed by atoms with E-state index in [1.54, 1.807) is 13.0 Å². The van der Waals surface area contributed by atoms with Crippen molar-refractivity contribution in [2.45, 2.75) is 19.9 Å². The zero-order valence-electron chi connectivity index (χ0n) is 9.49. The number of carbonyl (C=O) groups is 2. The van der Waals surface area contributed by atoms with Crippen LogP contribution < -0.4 is 4.90 Å². The number of nitro groups is 1. The molecule has 0 aliphatic heterocycles. The van der Waals surface area contributed by atoms with Gasteiger partial charge in [-0.2, -0.15) is 0 Å². The Morgan fingerprint density at radius 3 is 2.65 bits per heavy atom. The van der Waals surface area contributed by atoms with E-state index >= 15 is 0 Å². The first-order chi connectivity index (χ1) is 7.97. The van der Waals surface area contributed by atoms with Crippen LogP contribution in [-0.4, -0.2) is 23.2 Å². The number of anilines is 1. The molecule has 0 radical (unpaired) electrons. The van der Waals surface area contributed by atoms with Gasteiger partial charge in [-0.3, -0.25) is 19.7 Å². The van der Waals surface area contributed by atoms with E-state index in [0.29, 0.717) is 12.1 Å². The zero-order chi connectivity index (χ0) is 13.0. The van der Waals surface area contributed by atoms with Gasteiger partial charge >= 0.3 is 0 Å². The maximum absolute atomic E-state index is 11.2. The largest absolute Gasteiger partial charge is 0.305 e. The van der Waals surface area contributed by atoms with Crippen molar-refractivity contribution in [2.24, 2.45) is 0 Å². The maximum Gasteiger partial charge on any atom is 0.271 e. The summed E-state index contributed by atoms with van der Waals surface area (Å²) < 4.78 is 0. The van der Waals surface area contributed by atoms with Gasteiger partial charge in [-0.1, -0.05) is 6.07 Å². The molecule has 1 aromatic rings. The van der Waals surface area contributed by atoms with Crippen LogP contribution in [0.5, 0.6) is 0 Å². The van der Waals surface area contributed by atoms with Gasteiger partial charge in [0, 0.05) is 12.1 Å². The molecule has 1 unspecified atom stereocenters. The van der Waals surface area contributed by atoms with E-state index < -0.39 is 11.0 Å². The molecule has 1 amide bonds. The molecule has 17 heavy (non-hydrogen) atoms. The van der Waals surface area contributed by atoms with Gasteiger partial charge in [0.2, 0.25) is 6.41 Å². The Balaban J connectivity index is 3.12. The third-order valence-electron chi connectivity index (χ3n) is 2.46. The van der Waals surface area contributed by atoms with Crippen LogP contribution in [0.3, 0.4) is 0 Å². The molecule has 0 aliphatic carbocycles. The predicted octanol–water partition coefficient (Wildman–Crippen LogP) is 1.54. The minimum Gasteiger partial charge on any atom is -0.305 e. The molecule has 0 aromatic heterocycles. The van der Waals surface area contributed by atoms with Gasteiger partial charge < -0.3 is 4.90 Å². The first-order valence-electron chi connectivity index (χ1n) is 4.96. The molecule has 0 aliphatic rings. The highest BCUT2D eigenvalue weighted by Crippen LogP contribution is 2.21. The second-order valence-corrected chi connectivity index (χ2v) is 3.58. The van der Waals surface area contributed by atoms with Crippen molar-refractivity contribution in [1.82, 2.24) is 0 Å². The van der Waals surface area contributed by atoms with Crippen molar-refractivity contribution < 1.29 is 14.5 Å². The molecular formula is C11H12N2O4. The topological polar surface area (TPSA) is 80.5 Å². The van der Waals surface area contributed by atoms with Crippen molar-refractivity contribution in [2.75, 3.05) is 4.90 Å². The third-order valence-corrected chi connectivity index (χ3v) is 2.46. The van der Waals surface area contributed by atoms with Crippen LogP contribution in [0.15, 0.2) is 24.3 Å². The first kappa shape index (κ1) is 12.8. The molecule has 0 saturated carbocycles. The molecule has 0 bridgehead atoms. The number of nitro benzene ring substituents is 1. The van der Waals surface area contributed by atoms with Crippen molar-refractivity contribution in [3.05, 3.63) is 34.4 Å². The summed E-state index contributed by atoms with van der Waals surface area (Å²) in [6, 6.07) is 4.95. The van der Waals surface area contributed by atoms with Crippen LogP contribution in [0.25, 0.3) is 0 Å². The lowest BCUT2D eigenvalue weighted by Gasteiger charge is -2.22. The van der Waals surface area contributed by atoms with Gasteiger partial charge in [0.25, 0.3) is 5.69 Å². The number of ketones is 1. The average molecular weight is 236 g/mol. The summed E-state index contributed by atoms with van der Waals surface area (Å²) in [7, 11) is 0. The summed E-state index contributed by atoms with van der Waals surface area (Å²) in [5.41, 5.74) is 0.210. The lowest BCUT2D eigenvalue weighted by atomic mass is 10.2. The standard InChI is InChI=1S/C11H12N2O4/c1-8(9(2)15)12(7-14)10-4-3-5-11(6-10)13(16)17/h3-8H,1-2H3. The predicted molar refractivity (Wildman–Crippen MR) is 61.8 cm³/mol. The van der Waals surface area contributed by atoms with E-state index in [-0.39, 0.29) is 11.5 Å². The molecule has 0 fully saturated rings. The third kappa shape index (κ3) is 2.87. The number of rotatable bonds is 5. The number of nitrogens with zero attached hydrogens (tertiary/aromatic N) is 2. The van der Waals surface area contributed by atoms with Gasteiger partial charge in [-0.15, -0.1) is 0 Å². The molecule has 0 heterocycles. The number of hydrogen-bond acceptors (Lipinski definition) is 4. The molecule has 1 rings (SSSR count). The zero-order valence-corrected chi connectivity index (χ0v) is 9.49. The summed E-state index contributed by atoms with van der Waals surface area (Å²) in [4.78, 5) is 33.3. The molecule has 90 valence electrons. The molecule has 1 aromatic carbocycles. The quantitative estimate of drug-likeness (QED) is 0.441. The fourth-order valence-corrected chi connectivity index (χ4v) is 1.34. The van der Waals surface area contributed by atoms with E-state index in [0.717, 1.165) is 4.90 Å². The Hall–Kier alpha value is -2.24. The SMILES string of the molecule is CC(=O)C(C)N(C=O)c1cccc([N+](=O)[O-])c1. The summed E-state index contributed by atoms with van der Waals surface area (Å²) in [6.45, 7) is 2.92. The second-order valence-electron chi connectivity index (χ2n) is 3.58. The van der Waals surface area contributed by atoms with Crippen LogP contribution in [0.4, 0.5) is 11.4 Å². The first-order valence-corrected chi connectivity index (χ1v) is 4.96. The van der Waals surface area contributed by atoms with E-state index in [9.17, 15) is 19.7 Å². The number of hydrogen-bond donors (Lipinski definition) is 0. The van der Waals surface area contributed by atoms with Gasteiger partial charge in [0.05, 0.1) is 16.7 Å². The highest BCUT2D eigenvalue weighted by molar-refractivity contribution is 5.91. The van der Waals surface area contributed by atoms with Crippen LogP contribution >= 0.6 is 0 Å². The minimum absolute atomic E-state index is 0.120. The van der Waals surface area contributed by atoms with E-state index in [4.69, 9.17) is 0 Å². The van der Waals surface area contributed by atoms with Crippen molar-refractivity contribution in [3.8, 4) is 0 Å². The molecule has 0 saturated heterocycles. The van der Waals surface area contributed by atoms with E-state index in [1.807, 2.05) is 0 Å². The van der Waals surface area contributed by atoms with Crippen LogP contribution in [0.2, 0.25) is 0 Å². The van der Waals surface area contributed by atoms with E-state index in [2.05, 4.69) is 0 Å². The highest BCUT2D eigenvalue weighted by Gasteiger charge is 2.19. The van der Waals surface area contributed by atoms with Crippen molar-refractivity contribution in [1.29, 1.82) is 0 Å². The molecule has 6 heteroatoms. The summed E-state index contributed by atoms with van der Waals surface area (Å²) in [5, 5.41) is 10.6. The fourth-order valence-electron chi connectivity index (χ4n) is 1.34. The molecule has 6 nitrogen and oxygen atoms in total. The van der Waals surface area contributed by atoms with Crippen molar-refractivity contribution in [3.63, 3.8) is 0 Å². The Bertz CT molecular complexity index is 459. The smallest absolute Gasteiger partial charge is 0.271 e. The lowest BCUT2D eigenvalue weighted by molar-refractivity contribution is -0.384. The lowest BCUT2D eigenvalue weighted by Crippen LogP contribution is -2.36. The van der Waals surface area contributed by atoms with Gasteiger partial charge in [-0.25, -0.2) is 0 Å². The Kier molecular flexibility index (Phi) is 3.92. The number of non-ortho nitro benzene ring substituents is 1. The van der Waals surface area contributed by atoms with Gasteiger partial charge in [0.15, 0.2) is 5.78 Å². The highest BCUT2D eigenvalue weighted by atomic mass is 16.6. The Labute approximate surface area is 98.0 Å². The van der Waals surface area contributed by atoms with Crippen molar-refractivity contribution >= 4 is 23.6 Å². The summed E-state index contributed by atoms with van der Waals surface area (Å²) in [5.74, 6) is -0.191. The fraction of sp³-hybridized carbons (Fsp3) is 0.273. The molecule has 0 N–H and O–H groups in total. The Morgan fingerprint density at radius 1 is 1.53 bits per heavy atom. The molecule has 0 spiro atoms. The number of amides is 1. The average Bonchev–Trinajstić information content (AvgIpc) is 2.30. The second kappa shape index (κ2) is 5.20. The minimum atomic E-state index is -0.644. The maximum atomic E-state index is 11.2. The molecular weight excluding hydrogens is 224 g/mol. The Morgan fingerprint density at radius 2 is 2.18 bits per heavy atom. The normalized spacial score (nSPS) is 11.6. The van der Waals surface area contributed by atoms with Crippen LogP contribution in [0.1, 0.15) is 13.8 Å². The summed E-state index contributed by atoms with van der Waals surface area (Å²) in [6.07, 6.45) is 0.491. The molecule has 1 atom stereocenters. The van der Waals surface area contributed by atoms with Crippen LogP contribution in [-0.2, 0) is 9.59 Å². The van der Waals surface area contributed by atoms with Gasteiger partial charge in [0.1, 0.15) is 0 Å².